The summed E-state index contributed by atoms with van der Waals surface area (Å²) < 4.78 is 5.44. The summed E-state index contributed by atoms with van der Waals surface area (Å²) in [5, 5.41) is 2.25. The van der Waals surface area contributed by atoms with E-state index in [-0.39, 0.29) is 24.0 Å². The Balaban J connectivity index is 1.99. The average molecular weight is 192 g/mol. The van der Waals surface area contributed by atoms with Gasteiger partial charge in [-0.15, -0.1) is 0 Å². The number of dihydropyridines is 1. The molecule has 0 bridgehead atoms. The lowest BCUT2D eigenvalue weighted by Gasteiger charge is -2.16. The van der Waals surface area contributed by atoms with Gasteiger partial charge >= 0.3 is 0 Å². The minimum atomic E-state index is -0.641. The second-order valence-electron chi connectivity index (χ2n) is 3.57. The number of amides is 2. The number of carbonyl (C=O) groups excluding carboxylic acids is 2. The highest BCUT2D eigenvalue weighted by Gasteiger charge is 2.55. The van der Waals surface area contributed by atoms with Crippen molar-refractivity contribution in [2.45, 2.75) is 18.2 Å². The lowest BCUT2D eigenvalue weighted by atomic mass is 9.95. The highest BCUT2D eigenvalue weighted by molar-refractivity contribution is 6.07. The van der Waals surface area contributed by atoms with Crippen molar-refractivity contribution in [2.75, 3.05) is 0 Å². The monoisotopic (exact) mass is 192 g/mol. The van der Waals surface area contributed by atoms with E-state index < -0.39 is 12.0 Å². The Morgan fingerprint density at radius 3 is 3.07 bits per heavy atom. The van der Waals surface area contributed by atoms with Crippen LogP contribution in [0.2, 0.25) is 0 Å². The van der Waals surface area contributed by atoms with Crippen molar-refractivity contribution in [2.24, 2.45) is 10.9 Å². The zero-order valence-corrected chi connectivity index (χ0v) is 7.21. The smallest absolute Gasteiger partial charge is 0.256 e. The second kappa shape index (κ2) is 2.51. The standard InChI is InChI=1S/C9H8N2O3/c12-8-5-6-4(2-1-3-10-6)14-7(5)9(13)11-8/h1-7H,(H,11,12,13). The fourth-order valence-corrected chi connectivity index (χ4v) is 2.16. The first kappa shape index (κ1) is 7.87. The summed E-state index contributed by atoms with van der Waals surface area (Å²) in [6.07, 6.45) is 4.38. The first-order valence-electron chi connectivity index (χ1n) is 4.47. The van der Waals surface area contributed by atoms with Crippen LogP contribution in [-0.4, -0.2) is 36.3 Å². The van der Waals surface area contributed by atoms with E-state index >= 15 is 0 Å². The predicted molar refractivity (Wildman–Crippen MR) is 46.7 cm³/mol. The first-order chi connectivity index (χ1) is 6.77. The molecule has 2 amide bonds. The lowest BCUT2D eigenvalue weighted by Crippen LogP contribution is -2.33. The maximum Gasteiger partial charge on any atom is 0.256 e. The van der Waals surface area contributed by atoms with Gasteiger partial charge in [-0.2, -0.15) is 0 Å². The number of fused-ring (bicyclic) bond motifs is 3. The number of allylic oxidation sites excluding steroid dienone is 1. The van der Waals surface area contributed by atoms with Crippen molar-refractivity contribution in [1.29, 1.82) is 0 Å². The third-order valence-electron chi connectivity index (χ3n) is 2.79. The molecule has 72 valence electrons. The molecule has 2 fully saturated rings. The molecule has 14 heavy (non-hydrogen) atoms. The van der Waals surface area contributed by atoms with Gasteiger partial charge in [0.15, 0.2) is 6.10 Å². The third-order valence-corrected chi connectivity index (χ3v) is 2.79. The van der Waals surface area contributed by atoms with Gasteiger partial charge in [0.05, 0.1) is 12.0 Å². The Morgan fingerprint density at radius 2 is 2.21 bits per heavy atom. The summed E-state index contributed by atoms with van der Waals surface area (Å²) in [7, 11) is 0. The highest BCUT2D eigenvalue weighted by Crippen LogP contribution is 2.34. The molecule has 0 saturated carbocycles. The number of rotatable bonds is 0. The van der Waals surface area contributed by atoms with Crippen molar-refractivity contribution in [1.82, 2.24) is 5.32 Å². The Kier molecular flexibility index (Phi) is 1.41. The minimum absolute atomic E-state index is 0.218. The molecule has 4 unspecified atom stereocenters. The molecule has 0 spiro atoms. The number of nitrogens with zero attached hydrogens (tertiary/aromatic N) is 1. The Bertz CT molecular complexity index is 374. The molecule has 0 aromatic carbocycles. The van der Waals surface area contributed by atoms with Crippen molar-refractivity contribution in [3.05, 3.63) is 12.2 Å². The van der Waals surface area contributed by atoms with E-state index in [1.165, 1.54) is 0 Å². The molecule has 3 heterocycles. The van der Waals surface area contributed by atoms with Crippen LogP contribution in [-0.2, 0) is 14.3 Å². The van der Waals surface area contributed by atoms with Crippen LogP contribution in [0, 0.1) is 5.92 Å². The molecule has 5 nitrogen and oxygen atoms in total. The number of ether oxygens (including phenoxy) is 1. The molecule has 0 aromatic rings. The molecule has 2 saturated heterocycles. The molecule has 3 rings (SSSR count). The highest BCUT2D eigenvalue weighted by atomic mass is 16.5. The van der Waals surface area contributed by atoms with Gasteiger partial charge in [0.1, 0.15) is 6.10 Å². The van der Waals surface area contributed by atoms with E-state index in [0.29, 0.717) is 0 Å². The van der Waals surface area contributed by atoms with Crippen LogP contribution < -0.4 is 5.32 Å². The summed E-state index contributed by atoms with van der Waals surface area (Å²) in [6.45, 7) is 0. The van der Waals surface area contributed by atoms with Crippen LogP contribution in [0.1, 0.15) is 0 Å². The zero-order chi connectivity index (χ0) is 9.71. The molecule has 0 radical (unpaired) electrons. The number of nitrogens with one attached hydrogen (secondary N) is 1. The van der Waals surface area contributed by atoms with Gasteiger partial charge in [-0.3, -0.25) is 19.9 Å². The van der Waals surface area contributed by atoms with Gasteiger partial charge in [-0.25, -0.2) is 0 Å². The van der Waals surface area contributed by atoms with E-state index in [4.69, 9.17) is 4.74 Å². The maximum atomic E-state index is 11.4. The second-order valence-corrected chi connectivity index (χ2v) is 3.57. The molecule has 4 atom stereocenters. The van der Waals surface area contributed by atoms with Gasteiger partial charge in [0.25, 0.3) is 5.91 Å². The van der Waals surface area contributed by atoms with Crippen LogP contribution in [0.5, 0.6) is 0 Å². The minimum Gasteiger partial charge on any atom is -0.358 e. The van der Waals surface area contributed by atoms with Crippen LogP contribution in [0.15, 0.2) is 17.1 Å². The molecule has 1 N–H and O–H groups in total. The van der Waals surface area contributed by atoms with E-state index in [1.807, 2.05) is 6.08 Å². The number of hydrogen-bond acceptors (Lipinski definition) is 4. The third kappa shape index (κ3) is 0.846. The zero-order valence-electron chi connectivity index (χ0n) is 7.21. The van der Waals surface area contributed by atoms with Crippen LogP contribution in [0.3, 0.4) is 0 Å². The molecule has 3 aliphatic rings. The Morgan fingerprint density at radius 1 is 1.36 bits per heavy atom. The number of hydrogen-bond donors (Lipinski definition) is 1. The van der Waals surface area contributed by atoms with Crippen molar-refractivity contribution in [3.8, 4) is 0 Å². The summed E-state index contributed by atoms with van der Waals surface area (Å²) in [5.74, 6) is -1.04. The fraction of sp³-hybridized carbons (Fsp3) is 0.444. The lowest BCUT2D eigenvalue weighted by molar-refractivity contribution is -0.130. The Hall–Kier alpha value is -1.49. The van der Waals surface area contributed by atoms with Gasteiger partial charge < -0.3 is 4.74 Å². The van der Waals surface area contributed by atoms with Crippen molar-refractivity contribution >= 4 is 18.0 Å². The summed E-state index contributed by atoms with van der Waals surface area (Å²) in [6, 6.07) is -0.226. The summed E-state index contributed by atoms with van der Waals surface area (Å²) >= 11 is 0. The summed E-state index contributed by atoms with van der Waals surface area (Å²) in [4.78, 5) is 26.9. The predicted octanol–water partition coefficient (Wildman–Crippen LogP) is -0.964. The quantitative estimate of drug-likeness (QED) is 0.502. The molecular formula is C9H8N2O3. The van der Waals surface area contributed by atoms with Crippen LogP contribution in [0.4, 0.5) is 0 Å². The van der Waals surface area contributed by atoms with Gasteiger partial charge in [-0.1, -0.05) is 6.08 Å². The van der Waals surface area contributed by atoms with E-state index in [1.54, 1.807) is 12.3 Å². The topological polar surface area (TPSA) is 67.8 Å². The number of aliphatic imine (C=N–C) groups is 1. The van der Waals surface area contributed by atoms with Crippen LogP contribution >= 0.6 is 0 Å². The first-order valence-corrected chi connectivity index (χ1v) is 4.47. The van der Waals surface area contributed by atoms with Crippen molar-refractivity contribution < 1.29 is 14.3 Å². The van der Waals surface area contributed by atoms with E-state index in [0.717, 1.165) is 0 Å². The fourth-order valence-electron chi connectivity index (χ4n) is 2.16. The maximum absolute atomic E-state index is 11.4. The SMILES string of the molecule is O=C1NC(=O)C2C1OC1C=CC=NC12. The molecule has 3 aliphatic heterocycles. The average Bonchev–Trinajstić information content (AvgIpc) is 2.66. The van der Waals surface area contributed by atoms with Crippen LogP contribution in [0.25, 0.3) is 0 Å². The summed E-state index contributed by atoms with van der Waals surface area (Å²) in [5.41, 5.74) is 0. The largest absolute Gasteiger partial charge is 0.358 e. The van der Waals surface area contributed by atoms with Gasteiger partial charge in [0.2, 0.25) is 5.91 Å². The molecule has 0 aromatic heterocycles. The number of carbonyl (C=O) groups is 2. The molecule has 0 aliphatic carbocycles. The normalized spacial score (nSPS) is 43.7. The number of imide groups is 1. The van der Waals surface area contributed by atoms with Gasteiger partial charge in [0, 0.05) is 6.21 Å². The molecular weight excluding hydrogens is 184 g/mol. The van der Waals surface area contributed by atoms with Gasteiger partial charge in [-0.05, 0) is 6.08 Å². The van der Waals surface area contributed by atoms with E-state index in [9.17, 15) is 9.59 Å². The van der Waals surface area contributed by atoms with Crippen molar-refractivity contribution in [3.63, 3.8) is 0 Å². The van der Waals surface area contributed by atoms with E-state index in [2.05, 4.69) is 10.3 Å². The Labute approximate surface area is 79.8 Å². The molecule has 5 heteroatoms.